The number of rotatable bonds is 3. The molecule has 1 aliphatic rings. The van der Waals surface area contributed by atoms with Crippen LogP contribution in [0.5, 0.6) is 0 Å². The van der Waals surface area contributed by atoms with E-state index in [9.17, 15) is 4.79 Å². The fourth-order valence-corrected chi connectivity index (χ4v) is 2.44. The van der Waals surface area contributed by atoms with E-state index in [4.69, 9.17) is 5.73 Å². The highest BCUT2D eigenvalue weighted by molar-refractivity contribution is 5.78. The molecule has 3 N–H and O–H groups in total. The lowest BCUT2D eigenvalue weighted by molar-refractivity contribution is -0.121. The maximum Gasteiger partial charge on any atom is 0.226 e. The fourth-order valence-electron chi connectivity index (χ4n) is 2.44. The van der Waals surface area contributed by atoms with Crippen molar-refractivity contribution in [3.63, 3.8) is 0 Å². The Morgan fingerprint density at radius 3 is 2.94 bits per heavy atom. The third-order valence-corrected chi connectivity index (χ3v) is 3.48. The summed E-state index contributed by atoms with van der Waals surface area (Å²) in [4.78, 5) is 16.1. The normalized spacial score (nSPS) is 24.3. The standard InChI is InChI=1S/C14H21N3O/c15-12-7-2-1-3-8-13(12)17-14(18)10-11-6-4-5-9-16-11/h4-6,9,12-13H,1-3,7-8,10,15H2,(H,17,18). The molecule has 0 bridgehead atoms. The fraction of sp³-hybridized carbons (Fsp3) is 0.571. The molecule has 1 heterocycles. The van der Waals surface area contributed by atoms with Gasteiger partial charge in [-0.1, -0.05) is 25.3 Å². The second kappa shape index (κ2) is 6.50. The molecule has 0 spiro atoms. The number of nitrogens with one attached hydrogen (secondary N) is 1. The summed E-state index contributed by atoms with van der Waals surface area (Å²) in [6, 6.07) is 5.84. The van der Waals surface area contributed by atoms with Gasteiger partial charge >= 0.3 is 0 Å². The molecule has 0 aliphatic heterocycles. The van der Waals surface area contributed by atoms with Gasteiger partial charge in [0.15, 0.2) is 0 Å². The van der Waals surface area contributed by atoms with Crippen LogP contribution >= 0.6 is 0 Å². The zero-order valence-electron chi connectivity index (χ0n) is 10.6. The minimum absolute atomic E-state index is 0.0241. The maximum absolute atomic E-state index is 11.9. The summed E-state index contributed by atoms with van der Waals surface area (Å²) in [5, 5.41) is 3.05. The van der Waals surface area contributed by atoms with Crippen LogP contribution in [-0.4, -0.2) is 23.0 Å². The first-order valence-electron chi connectivity index (χ1n) is 6.70. The van der Waals surface area contributed by atoms with Gasteiger partial charge in [0.25, 0.3) is 0 Å². The zero-order valence-corrected chi connectivity index (χ0v) is 10.6. The first-order valence-corrected chi connectivity index (χ1v) is 6.70. The summed E-state index contributed by atoms with van der Waals surface area (Å²) in [6.45, 7) is 0. The Labute approximate surface area is 108 Å². The Balaban J connectivity index is 1.86. The number of carbonyl (C=O) groups is 1. The van der Waals surface area contributed by atoms with E-state index < -0.39 is 0 Å². The first kappa shape index (κ1) is 13.0. The van der Waals surface area contributed by atoms with Crippen LogP contribution in [0, 0.1) is 0 Å². The number of aromatic nitrogens is 1. The molecule has 2 unspecified atom stereocenters. The third kappa shape index (κ3) is 3.81. The highest BCUT2D eigenvalue weighted by Crippen LogP contribution is 2.16. The molecular formula is C14H21N3O. The van der Waals surface area contributed by atoms with Crippen LogP contribution in [0.25, 0.3) is 0 Å². The van der Waals surface area contributed by atoms with Crippen molar-refractivity contribution in [1.82, 2.24) is 10.3 Å². The van der Waals surface area contributed by atoms with Gasteiger partial charge in [-0.05, 0) is 25.0 Å². The Hall–Kier alpha value is -1.42. The van der Waals surface area contributed by atoms with Crippen molar-refractivity contribution >= 4 is 5.91 Å². The van der Waals surface area contributed by atoms with Gasteiger partial charge in [-0.2, -0.15) is 0 Å². The number of hydrogen-bond acceptors (Lipinski definition) is 3. The average molecular weight is 247 g/mol. The van der Waals surface area contributed by atoms with Crippen LogP contribution in [0.1, 0.15) is 37.8 Å². The molecule has 1 saturated carbocycles. The molecule has 2 atom stereocenters. The van der Waals surface area contributed by atoms with E-state index in [-0.39, 0.29) is 18.0 Å². The molecule has 4 nitrogen and oxygen atoms in total. The van der Waals surface area contributed by atoms with Crippen LogP contribution in [-0.2, 0) is 11.2 Å². The number of nitrogens with two attached hydrogens (primary N) is 1. The Morgan fingerprint density at radius 1 is 1.33 bits per heavy atom. The van der Waals surface area contributed by atoms with Crippen LogP contribution in [0.4, 0.5) is 0 Å². The molecule has 18 heavy (non-hydrogen) atoms. The molecule has 4 heteroatoms. The molecule has 1 aromatic rings. The summed E-state index contributed by atoms with van der Waals surface area (Å²) >= 11 is 0. The Kier molecular flexibility index (Phi) is 4.70. The number of amides is 1. The summed E-state index contributed by atoms with van der Waals surface area (Å²) in [6.07, 6.45) is 7.60. The second-order valence-electron chi connectivity index (χ2n) is 4.97. The lowest BCUT2D eigenvalue weighted by atomic mass is 10.0. The summed E-state index contributed by atoms with van der Waals surface area (Å²) in [7, 11) is 0. The Bertz CT molecular complexity index is 380. The SMILES string of the molecule is NC1CCCCCC1NC(=O)Cc1ccccn1. The van der Waals surface area contributed by atoms with Crippen LogP contribution in [0.3, 0.4) is 0 Å². The van der Waals surface area contributed by atoms with Gasteiger partial charge in [0.2, 0.25) is 5.91 Å². The zero-order chi connectivity index (χ0) is 12.8. The van der Waals surface area contributed by atoms with Crippen LogP contribution in [0.2, 0.25) is 0 Å². The quantitative estimate of drug-likeness (QED) is 0.793. The van der Waals surface area contributed by atoms with Crippen molar-refractivity contribution in [1.29, 1.82) is 0 Å². The Morgan fingerprint density at radius 2 is 2.17 bits per heavy atom. The smallest absolute Gasteiger partial charge is 0.226 e. The monoisotopic (exact) mass is 247 g/mol. The highest BCUT2D eigenvalue weighted by atomic mass is 16.1. The van der Waals surface area contributed by atoms with Gasteiger partial charge < -0.3 is 11.1 Å². The van der Waals surface area contributed by atoms with Gasteiger partial charge in [-0.15, -0.1) is 0 Å². The van der Waals surface area contributed by atoms with Crippen molar-refractivity contribution in [2.45, 2.75) is 50.6 Å². The van der Waals surface area contributed by atoms with Crippen molar-refractivity contribution in [2.24, 2.45) is 5.73 Å². The van der Waals surface area contributed by atoms with E-state index >= 15 is 0 Å². The average Bonchev–Trinajstić information content (AvgIpc) is 2.56. The third-order valence-electron chi connectivity index (χ3n) is 3.48. The van der Waals surface area contributed by atoms with Crippen LogP contribution < -0.4 is 11.1 Å². The molecule has 1 amide bonds. The summed E-state index contributed by atoms with van der Waals surface area (Å²) in [5.41, 5.74) is 6.89. The number of hydrogen-bond donors (Lipinski definition) is 2. The van der Waals surface area contributed by atoms with Crippen LogP contribution in [0.15, 0.2) is 24.4 Å². The molecule has 1 fully saturated rings. The minimum Gasteiger partial charge on any atom is -0.351 e. The van der Waals surface area contributed by atoms with Gasteiger partial charge in [0, 0.05) is 24.0 Å². The molecule has 2 rings (SSSR count). The van der Waals surface area contributed by atoms with Crippen molar-refractivity contribution in [3.05, 3.63) is 30.1 Å². The molecular weight excluding hydrogens is 226 g/mol. The molecule has 0 radical (unpaired) electrons. The maximum atomic E-state index is 11.9. The van der Waals surface area contributed by atoms with Crippen molar-refractivity contribution in [2.75, 3.05) is 0 Å². The van der Waals surface area contributed by atoms with Gasteiger partial charge in [0.1, 0.15) is 0 Å². The van der Waals surface area contributed by atoms with E-state index in [1.807, 2.05) is 18.2 Å². The largest absolute Gasteiger partial charge is 0.351 e. The van der Waals surface area contributed by atoms with Crippen molar-refractivity contribution in [3.8, 4) is 0 Å². The number of pyridine rings is 1. The predicted octanol–water partition coefficient (Wildman–Crippen LogP) is 1.40. The second-order valence-corrected chi connectivity index (χ2v) is 4.97. The summed E-state index contributed by atoms with van der Waals surface area (Å²) in [5.74, 6) is 0.0241. The minimum atomic E-state index is 0.0241. The first-order chi connectivity index (χ1) is 8.75. The molecule has 98 valence electrons. The number of carbonyl (C=O) groups excluding carboxylic acids is 1. The highest BCUT2D eigenvalue weighted by Gasteiger charge is 2.21. The molecule has 0 saturated heterocycles. The predicted molar refractivity (Wildman–Crippen MR) is 70.9 cm³/mol. The van der Waals surface area contributed by atoms with Gasteiger partial charge in [0.05, 0.1) is 6.42 Å². The molecule has 0 aromatic carbocycles. The molecule has 1 aliphatic carbocycles. The van der Waals surface area contributed by atoms with Gasteiger partial charge in [-0.25, -0.2) is 0 Å². The van der Waals surface area contributed by atoms with E-state index in [1.165, 1.54) is 12.8 Å². The van der Waals surface area contributed by atoms with E-state index in [0.717, 1.165) is 25.0 Å². The molecule has 1 aromatic heterocycles. The summed E-state index contributed by atoms with van der Waals surface area (Å²) < 4.78 is 0. The van der Waals surface area contributed by atoms with Gasteiger partial charge in [-0.3, -0.25) is 9.78 Å². The van der Waals surface area contributed by atoms with E-state index in [0.29, 0.717) is 6.42 Å². The van der Waals surface area contributed by atoms with E-state index in [1.54, 1.807) is 6.20 Å². The lowest BCUT2D eigenvalue weighted by Gasteiger charge is -2.22. The number of nitrogens with zero attached hydrogens (tertiary/aromatic N) is 1. The van der Waals surface area contributed by atoms with Crippen molar-refractivity contribution < 1.29 is 4.79 Å². The van der Waals surface area contributed by atoms with E-state index in [2.05, 4.69) is 10.3 Å². The topological polar surface area (TPSA) is 68.0 Å². The lowest BCUT2D eigenvalue weighted by Crippen LogP contribution is -2.47.